The van der Waals surface area contributed by atoms with Crippen molar-refractivity contribution in [3.05, 3.63) is 30.1 Å². The summed E-state index contributed by atoms with van der Waals surface area (Å²) in [5.41, 5.74) is 0.900. The summed E-state index contributed by atoms with van der Waals surface area (Å²) in [5, 5.41) is 2.97. The van der Waals surface area contributed by atoms with Gasteiger partial charge < -0.3 is 15.1 Å². The first-order valence-corrected chi connectivity index (χ1v) is 8.92. The van der Waals surface area contributed by atoms with E-state index in [1.165, 1.54) is 0 Å². The minimum atomic E-state index is -0.0793. The minimum absolute atomic E-state index is 0.0344. The van der Waals surface area contributed by atoms with E-state index < -0.39 is 0 Å². The minimum Gasteiger partial charge on any atom is -0.338 e. The molecule has 0 spiro atoms. The molecule has 1 aromatic rings. The highest BCUT2D eigenvalue weighted by atomic mass is 16.2. The quantitative estimate of drug-likeness (QED) is 0.840. The van der Waals surface area contributed by atoms with Gasteiger partial charge in [-0.25, -0.2) is 4.79 Å². The van der Waals surface area contributed by atoms with Crippen LogP contribution in [0.4, 0.5) is 4.79 Å². The van der Waals surface area contributed by atoms with Crippen LogP contribution in [0.3, 0.4) is 0 Å². The summed E-state index contributed by atoms with van der Waals surface area (Å²) in [5.74, 6) is 0.0881. The van der Waals surface area contributed by atoms with E-state index in [2.05, 4.69) is 17.2 Å². The van der Waals surface area contributed by atoms with Crippen LogP contribution in [0.5, 0.6) is 0 Å². The van der Waals surface area contributed by atoms with E-state index in [1.807, 2.05) is 28.0 Å². The van der Waals surface area contributed by atoms with Crippen molar-refractivity contribution in [2.75, 3.05) is 19.6 Å². The van der Waals surface area contributed by atoms with Crippen LogP contribution in [0, 0.1) is 5.92 Å². The Labute approximate surface area is 143 Å². The first-order chi connectivity index (χ1) is 11.7. The predicted octanol–water partition coefficient (Wildman–Crippen LogP) is 2.01. The Balaban J connectivity index is 1.68. The summed E-state index contributed by atoms with van der Waals surface area (Å²) >= 11 is 0. The number of unbranched alkanes of at least 4 members (excludes halogenated alkanes) is 1. The number of nitrogens with one attached hydrogen (secondary N) is 1. The molecule has 0 aromatic carbocycles. The molecule has 3 amide bonds. The highest BCUT2D eigenvalue weighted by Crippen LogP contribution is 2.30. The monoisotopic (exact) mass is 330 g/mol. The smallest absolute Gasteiger partial charge is 0.317 e. The molecule has 3 saturated heterocycles. The predicted molar refractivity (Wildman–Crippen MR) is 91.2 cm³/mol. The first-order valence-electron chi connectivity index (χ1n) is 8.92. The van der Waals surface area contributed by atoms with Gasteiger partial charge in [-0.1, -0.05) is 19.4 Å². The number of hydrogen-bond acceptors (Lipinski definition) is 3. The van der Waals surface area contributed by atoms with Crippen LogP contribution in [-0.4, -0.2) is 52.4 Å². The highest BCUT2D eigenvalue weighted by Gasteiger charge is 2.41. The molecule has 0 saturated carbocycles. The zero-order valence-electron chi connectivity index (χ0n) is 14.3. The molecule has 4 rings (SSSR count). The second-order valence-electron chi connectivity index (χ2n) is 6.71. The SMILES string of the molecule is CCCCNC(=O)N1C[C@H]2CC[C@@H](C1)N(Cc1ccccn1)C2=O. The Morgan fingerprint density at radius 1 is 1.33 bits per heavy atom. The number of nitrogens with zero attached hydrogens (tertiary/aromatic N) is 3. The zero-order valence-corrected chi connectivity index (χ0v) is 14.3. The molecule has 0 aliphatic carbocycles. The number of aromatic nitrogens is 1. The number of pyridine rings is 1. The topological polar surface area (TPSA) is 65.5 Å². The lowest BCUT2D eigenvalue weighted by Crippen LogP contribution is -2.48. The fourth-order valence-corrected chi connectivity index (χ4v) is 3.56. The lowest BCUT2D eigenvalue weighted by atomic mass is 9.94. The Morgan fingerprint density at radius 3 is 2.96 bits per heavy atom. The molecule has 0 unspecified atom stereocenters. The van der Waals surface area contributed by atoms with Gasteiger partial charge in [0, 0.05) is 31.9 Å². The second kappa shape index (κ2) is 7.64. The Hall–Kier alpha value is -2.11. The number of carbonyl (C=O) groups excluding carboxylic acids is 2. The number of urea groups is 1. The van der Waals surface area contributed by atoms with Crippen molar-refractivity contribution < 1.29 is 9.59 Å². The number of rotatable bonds is 5. The molecule has 3 aliphatic heterocycles. The van der Waals surface area contributed by atoms with Crippen molar-refractivity contribution in [3.63, 3.8) is 0 Å². The third-order valence-corrected chi connectivity index (χ3v) is 4.95. The van der Waals surface area contributed by atoms with Gasteiger partial charge in [0.25, 0.3) is 0 Å². The molecule has 24 heavy (non-hydrogen) atoms. The van der Waals surface area contributed by atoms with Gasteiger partial charge in [0.1, 0.15) is 0 Å². The summed E-state index contributed by atoms with van der Waals surface area (Å²) in [4.78, 5) is 33.3. The van der Waals surface area contributed by atoms with E-state index in [1.54, 1.807) is 6.20 Å². The van der Waals surface area contributed by atoms with Gasteiger partial charge in [-0.15, -0.1) is 0 Å². The molecular weight excluding hydrogens is 304 g/mol. The van der Waals surface area contributed by atoms with Gasteiger partial charge in [-0.05, 0) is 31.4 Å². The molecule has 130 valence electrons. The van der Waals surface area contributed by atoms with E-state index in [4.69, 9.17) is 0 Å². The fourth-order valence-electron chi connectivity index (χ4n) is 3.56. The number of carbonyl (C=O) groups is 2. The molecule has 2 atom stereocenters. The Kier molecular flexibility index (Phi) is 5.33. The molecular formula is C18H26N4O2. The molecule has 1 N–H and O–H groups in total. The highest BCUT2D eigenvalue weighted by molar-refractivity contribution is 5.82. The largest absolute Gasteiger partial charge is 0.338 e. The second-order valence-corrected chi connectivity index (χ2v) is 6.71. The molecule has 6 nitrogen and oxygen atoms in total. The fraction of sp³-hybridized carbons (Fsp3) is 0.611. The summed E-state index contributed by atoms with van der Waals surface area (Å²) < 4.78 is 0. The van der Waals surface area contributed by atoms with Gasteiger partial charge in [0.2, 0.25) is 5.91 Å². The van der Waals surface area contributed by atoms with Gasteiger partial charge in [-0.3, -0.25) is 9.78 Å². The van der Waals surface area contributed by atoms with Crippen molar-refractivity contribution in [2.45, 2.75) is 45.2 Å². The average Bonchev–Trinajstić information content (AvgIpc) is 2.89. The van der Waals surface area contributed by atoms with Crippen LogP contribution >= 0.6 is 0 Å². The van der Waals surface area contributed by atoms with Gasteiger partial charge in [-0.2, -0.15) is 0 Å². The van der Waals surface area contributed by atoms with Gasteiger partial charge in [0.05, 0.1) is 18.2 Å². The number of piperidine rings is 1. The maximum absolute atomic E-state index is 12.8. The van der Waals surface area contributed by atoms with Crippen LogP contribution in [-0.2, 0) is 11.3 Å². The molecule has 4 heterocycles. The van der Waals surface area contributed by atoms with Crippen LogP contribution < -0.4 is 5.32 Å². The van der Waals surface area contributed by atoms with E-state index in [9.17, 15) is 9.59 Å². The van der Waals surface area contributed by atoms with E-state index >= 15 is 0 Å². The summed E-state index contributed by atoms with van der Waals surface area (Å²) in [6.45, 7) is 4.49. The molecule has 3 fully saturated rings. The zero-order chi connectivity index (χ0) is 16.9. The molecule has 6 heteroatoms. The molecule has 3 aliphatic rings. The van der Waals surface area contributed by atoms with Crippen LogP contribution in [0.1, 0.15) is 38.3 Å². The molecule has 0 radical (unpaired) electrons. The van der Waals surface area contributed by atoms with Crippen LogP contribution in [0.2, 0.25) is 0 Å². The third kappa shape index (κ3) is 3.68. The standard InChI is InChI=1S/C18H26N4O2/c1-2-3-9-20-18(24)21-11-14-7-8-16(13-21)22(17(14)23)12-15-6-4-5-10-19-15/h4-6,10,14,16H,2-3,7-9,11-13H2,1H3,(H,20,24)/t14-,16+/m1/s1. The van der Waals surface area contributed by atoms with E-state index in [-0.39, 0.29) is 23.9 Å². The molecule has 1 aromatic heterocycles. The first kappa shape index (κ1) is 16.7. The van der Waals surface area contributed by atoms with E-state index in [0.717, 1.165) is 31.4 Å². The van der Waals surface area contributed by atoms with Crippen LogP contribution in [0.15, 0.2) is 24.4 Å². The van der Waals surface area contributed by atoms with Crippen molar-refractivity contribution in [1.82, 2.24) is 20.1 Å². The van der Waals surface area contributed by atoms with Crippen molar-refractivity contribution in [2.24, 2.45) is 5.92 Å². The summed E-state index contributed by atoms with van der Waals surface area (Å²) in [6.07, 6.45) is 5.63. The number of fused-ring (bicyclic) bond motifs is 4. The Bertz CT molecular complexity index is 578. The summed E-state index contributed by atoms with van der Waals surface area (Å²) in [7, 11) is 0. The van der Waals surface area contributed by atoms with E-state index in [0.29, 0.717) is 26.2 Å². The number of amides is 3. The van der Waals surface area contributed by atoms with Crippen molar-refractivity contribution in [3.8, 4) is 0 Å². The Morgan fingerprint density at radius 2 is 2.21 bits per heavy atom. The lowest BCUT2D eigenvalue weighted by Gasteiger charge is -2.35. The lowest BCUT2D eigenvalue weighted by molar-refractivity contribution is -0.140. The van der Waals surface area contributed by atoms with Gasteiger partial charge in [0.15, 0.2) is 0 Å². The maximum atomic E-state index is 12.8. The summed E-state index contributed by atoms with van der Waals surface area (Å²) in [6, 6.07) is 5.82. The maximum Gasteiger partial charge on any atom is 0.317 e. The molecule has 2 bridgehead atoms. The van der Waals surface area contributed by atoms with Crippen LogP contribution in [0.25, 0.3) is 0 Å². The third-order valence-electron chi connectivity index (χ3n) is 4.95. The normalized spacial score (nSPS) is 23.3. The van der Waals surface area contributed by atoms with Crippen molar-refractivity contribution >= 4 is 11.9 Å². The number of hydrogen-bond donors (Lipinski definition) is 1. The van der Waals surface area contributed by atoms with Gasteiger partial charge >= 0.3 is 6.03 Å². The average molecular weight is 330 g/mol. The van der Waals surface area contributed by atoms with Crippen molar-refractivity contribution in [1.29, 1.82) is 0 Å².